The van der Waals surface area contributed by atoms with Crippen LogP contribution in [0, 0.1) is 0 Å². The molecular weight excluding hydrogens is 208 g/mol. The van der Waals surface area contributed by atoms with E-state index >= 15 is 0 Å². The molecule has 0 aromatic carbocycles. The molecule has 5 heteroatoms. The fraction of sp³-hybridized carbons (Fsp3) is 0.818. The summed E-state index contributed by atoms with van der Waals surface area (Å²) in [5.74, 6) is 0. The van der Waals surface area contributed by atoms with E-state index < -0.39 is 5.60 Å². The molecule has 0 spiro atoms. The summed E-state index contributed by atoms with van der Waals surface area (Å²) in [7, 11) is 0. The molecule has 94 valence electrons. The number of nitrogens with zero attached hydrogens (tertiary/aromatic N) is 1. The van der Waals surface area contributed by atoms with Crippen LogP contribution in [0.1, 0.15) is 47.0 Å². The summed E-state index contributed by atoms with van der Waals surface area (Å²) in [6, 6.07) is 0. The molecule has 0 atom stereocenters. The first kappa shape index (κ1) is 14.7. The molecule has 0 fully saturated rings. The molecule has 0 saturated heterocycles. The van der Waals surface area contributed by atoms with Crippen molar-refractivity contribution in [2.45, 2.75) is 52.6 Å². The fourth-order valence-corrected chi connectivity index (χ4v) is 1.06. The van der Waals surface area contributed by atoms with E-state index in [1.807, 2.05) is 20.8 Å². The van der Waals surface area contributed by atoms with Crippen molar-refractivity contribution in [3.8, 4) is 0 Å². The van der Waals surface area contributed by atoms with Crippen LogP contribution in [0.3, 0.4) is 0 Å². The SMILES string of the molecule is C/C(CCCCNC(=O)OC(C)(C)C)=N\O. The summed E-state index contributed by atoms with van der Waals surface area (Å²) < 4.78 is 5.07. The first-order chi connectivity index (χ1) is 7.35. The van der Waals surface area contributed by atoms with Crippen LogP contribution in [0.15, 0.2) is 5.16 Å². The number of unbranched alkanes of at least 4 members (excludes halogenated alkanes) is 1. The topological polar surface area (TPSA) is 70.9 Å². The molecule has 0 saturated carbocycles. The number of carbonyl (C=O) groups is 1. The highest BCUT2D eigenvalue weighted by atomic mass is 16.6. The molecule has 0 aromatic rings. The van der Waals surface area contributed by atoms with E-state index in [9.17, 15) is 4.79 Å². The molecule has 2 N–H and O–H groups in total. The summed E-state index contributed by atoms with van der Waals surface area (Å²) in [4.78, 5) is 11.2. The van der Waals surface area contributed by atoms with Gasteiger partial charge in [0.25, 0.3) is 0 Å². The third-order valence-corrected chi connectivity index (χ3v) is 1.80. The number of oxime groups is 1. The molecule has 0 rings (SSSR count). The van der Waals surface area contributed by atoms with Crippen LogP contribution in [0.5, 0.6) is 0 Å². The van der Waals surface area contributed by atoms with Gasteiger partial charge in [-0.15, -0.1) is 0 Å². The standard InChI is InChI=1S/C11H22N2O3/c1-9(13-15)7-5-6-8-12-10(14)16-11(2,3)4/h15H,5-8H2,1-4H3,(H,12,14)/b13-9+. The lowest BCUT2D eigenvalue weighted by atomic mass is 10.2. The van der Waals surface area contributed by atoms with Crippen LogP contribution in [0.4, 0.5) is 4.79 Å². The van der Waals surface area contributed by atoms with Crippen molar-refractivity contribution in [3.05, 3.63) is 0 Å². The van der Waals surface area contributed by atoms with Gasteiger partial charge in [-0.2, -0.15) is 0 Å². The molecule has 0 heterocycles. The monoisotopic (exact) mass is 230 g/mol. The van der Waals surface area contributed by atoms with Crippen molar-refractivity contribution in [2.75, 3.05) is 6.54 Å². The second-order valence-electron chi connectivity index (χ2n) is 4.72. The maximum absolute atomic E-state index is 11.2. The van der Waals surface area contributed by atoms with Gasteiger partial charge in [-0.05, 0) is 47.0 Å². The Morgan fingerprint density at radius 1 is 1.38 bits per heavy atom. The number of ether oxygens (including phenoxy) is 1. The first-order valence-corrected chi connectivity index (χ1v) is 5.49. The molecule has 0 unspecified atom stereocenters. The van der Waals surface area contributed by atoms with Gasteiger partial charge in [-0.25, -0.2) is 4.79 Å². The Balaban J connectivity index is 3.49. The van der Waals surface area contributed by atoms with Gasteiger partial charge >= 0.3 is 6.09 Å². The number of nitrogens with one attached hydrogen (secondary N) is 1. The van der Waals surface area contributed by atoms with Crippen molar-refractivity contribution in [1.29, 1.82) is 0 Å². The molecule has 0 aliphatic heterocycles. The lowest BCUT2D eigenvalue weighted by Gasteiger charge is -2.19. The Bertz CT molecular complexity index is 244. The average molecular weight is 230 g/mol. The number of hydrogen-bond donors (Lipinski definition) is 2. The fourth-order valence-electron chi connectivity index (χ4n) is 1.06. The number of rotatable bonds is 5. The van der Waals surface area contributed by atoms with Crippen molar-refractivity contribution in [2.24, 2.45) is 5.16 Å². The second-order valence-corrected chi connectivity index (χ2v) is 4.72. The molecule has 0 aromatic heterocycles. The third kappa shape index (κ3) is 9.30. The van der Waals surface area contributed by atoms with Crippen molar-refractivity contribution >= 4 is 11.8 Å². The average Bonchev–Trinajstić information content (AvgIpc) is 2.14. The van der Waals surface area contributed by atoms with Gasteiger partial charge in [-0.1, -0.05) is 5.16 Å². The summed E-state index contributed by atoms with van der Waals surface area (Å²) in [6.07, 6.45) is 2.07. The van der Waals surface area contributed by atoms with Gasteiger partial charge in [0.05, 0.1) is 5.71 Å². The van der Waals surface area contributed by atoms with Crippen LogP contribution in [-0.4, -0.2) is 29.2 Å². The maximum Gasteiger partial charge on any atom is 0.407 e. The predicted molar refractivity (Wildman–Crippen MR) is 63.0 cm³/mol. The summed E-state index contributed by atoms with van der Waals surface area (Å²) >= 11 is 0. The van der Waals surface area contributed by atoms with Gasteiger partial charge < -0.3 is 15.3 Å². The van der Waals surface area contributed by atoms with Gasteiger partial charge in [0.1, 0.15) is 5.60 Å². The molecule has 0 bridgehead atoms. The minimum absolute atomic E-state index is 0.389. The maximum atomic E-state index is 11.2. The molecule has 16 heavy (non-hydrogen) atoms. The zero-order valence-corrected chi connectivity index (χ0v) is 10.5. The van der Waals surface area contributed by atoms with Crippen LogP contribution < -0.4 is 5.32 Å². The van der Waals surface area contributed by atoms with Gasteiger partial charge in [0.2, 0.25) is 0 Å². The molecule has 5 nitrogen and oxygen atoms in total. The Hall–Kier alpha value is -1.26. The van der Waals surface area contributed by atoms with Crippen molar-refractivity contribution < 1.29 is 14.7 Å². The number of hydrogen-bond acceptors (Lipinski definition) is 4. The van der Waals surface area contributed by atoms with Crippen molar-refractivity contribution in [1.82, 2.24) is 5.32 Å². The predicted octanol–water partition coefficient (Wildman–Crippen LogP) is 2.53. The minimum Gasteiger partial charge on any atom is -0.444 e. The van der Waals surface area contributed by atoms with E-state index in [1.165, 1.54) is 0 Å². The van der Waals surface area contributed by atoms with Gasteiger partial charge in [-0.3, -0.25) is 0 Å². The van der Waals surface area contributed by atoms with Crippen LogP contribution in [0.25, 0.3) is 0 Å². The smallest absolute Gasteiger partial charge is 0.407 e. The molecule has 1 amide bonds. The Kier molecular flexibility index (Phi) is 6.53. The first-order valence-electron chi connectivity index (χ1n) is 5.49. The highest BCUT2D eigenvalue weighted by molar-refractivity contribution is 5.81. The van der Waals surface area contributed by atoms with E-state index in [4.69, 9.17) is 9.94 Å². The summed E-state index contributed by atoms with van der Waals surface area (Å²) in [5.41, 5.74) is 0.252. The summed E-state index contributed by atoms with van der Waals surface area (Å²) in [5, 5.41) is 14.1. The molecular formula is C11H22N2O3. The summed E-state index contributed by atoms with van der Waals surface area (Å²) in [6.45, 7) is 7.82. The lowest BCUT2D eigenvalue weighted by molar-refractivity contribution is 0.0527. The van der Waals surface area contributed by atoms with E-state index in [2.05, 4.69) is 10.5 Å². The zero-order valence-electron chi connectivity index (χ0n) is 10.5. The Morgan fingerprint density at radius 2 is 2.00 bits per heavy atom. The number of alkyl carbamates (subject to hydrolysis) is 1. The van der Waals surface area contributed by atoms with Crippen LogP contribution in [0.2, 0.25) is 0 Å². The molecule has 0 aliphatic rings. The number of carbonyl (C=O) groups excluding carboxylic acids is 1. The number of amides is 1. The highest BCUT2D eigenvalue weighted by Crippen LogP contribution is 2.06. The highest BCUT2D eigenvalue weighted by Gasteiger charge is 2.15. The van der Waals surface area contributed by atoms with Crippen LogP contribution in [-0.2, 0) is 4.74 Å². The van der Waals surface area contributed by atoms with Gasteiger partial charge in [0, 0.05) is 6.54 Å². The minimum atomic E-state index is -0.454. The molecule has 0 radical (unpaired) electrons. The Labute approximate surface area is 96.9 Å². The van der Waals surface area contributed by atoms with Gasteiger partial charge in [0.15, 0.2) is 0 Å². The lowest BCUT2D eigenvalue weighted by Crippen LogP contribution is -2.33. The third-order valence-electron chi connectivity index (χ3n) is 1.80. The Morgan fingerprint density at radius 3 is 2.50 bits per heavy atom. The van der Waals surface area contributed by atoms with Crippen molar-refractivity contribution in [3.63, 3.8) is 0 Å². The normalized spacial score (nSPS) is 12.4. The largest absolute Gasteiger partial charge is 0.444 e. The van der Waals surface area contributed by atoms with E-state index in [0.717, 1.165) is 19.3 Å². The second kappa shape index (κ2) is 7.09. The quantitative estimate of drug-likeness (QED) is 0.330. The molecule has 0 aliphatic carbocycles. The van der Waals surface area contributed by atoms with Crippen LogP contribution >= 0.6 is 0 Å². The van der Waals surface area contributed by atoms with E-state index in [0.29, 0.717) is 12.3 Å². The van der Waals surface area contributed by atoms with E-state index in [1.54, 1.807) is 6.92 Å². The van der Waals surface area contributed by atoms with E-state index in [-0.39, 0.29) is 6.09 Å². The zero-order chi connectivity index (χ0) is 12.6.